The van der Waals surface area contributed by atoms with Crippen molar-refractivity contribution >= 4 is 38.9 Å². The Morgan fingerprint density at radius 1 is 1.29 bits per heavy atom. The molecule has 3 rings (SSSR count). The van der Waals surface area contributed by atoms with Gasteiger partial charge in [0, 0.05) is 6.20 Å². The van der Waals surface area contributed by atoms with E-state index in [-0.39, 0.29) is 15.6 Å². The number of anilines is 2. The van der Waals surface area contributed by atoms with Crippen molar-refractivity contribution in [1.29, 1.82) is 0 Å². The Bertz CT molecular complexity index is 993. The smallest absolute Gasteiger partial charge is 0.278 e. The van der Waals surface area contributed by atoms with Gasteiger partial charge in [0.25, 0.3) is 5.91 Å². The van der Waals surface area contributed by atoms with Crippen molar-refractivity contribution in [2.24, 2.45) is 0 Å². The van der Waals surface area contributed by atoms with Crippen LogP contribution in [0.2, 0.25) is 5.15 Å². The predicted molar refractivity (Wildman–Crippen MR) is 106 cm³/mol. The summed E-state index contributed by atoms with van der Waals surface area (Å²) in [7, 11) is -2.37. The number of hydroxylamine groups is 1. The fourth-order valence-electron chi connectivity index (χ4n) is 2.70. The number of carbonyl (C=O) groups excluding carboxylic acids is 1. The highest BCUT2D eigenvalue weighted by atomic mass is 35.5. The molecule has 1 aromatic heterocycles. The molecule has 2 aromatic rings. The highest BCUT2D eigenvalue weighted by Crippen LogP contribution is 2.42. The molecular weight excluding hydrogens is 404 g/mol. The standard InChI is InChI=1S/C18H21ClN4O4S/c1-3-27-23-18(24)13-10-21-17(19)9-15(13)22-14-7-6-12(11-4-5-11)8-16(14)28(25,26)20-2/h6-11,20H,3-5H2,1-2H3,(H,21,22)(H,23,24). The van der Waals surface area contributed by atoms with Gasteiger partial charge >= 0.3 is 0 Å². The normalized spacial score (nSPS) is 14.0. The molecule has 1 heterocycles. The number of hydrogen-bond donors (Lipinski definition) is 3. The van der Waals surface area contributed by atoms with Gasteiger partial charge in [-0.1, -0.05) is 17.7 Å². The maximum atomic E-state index is 12.5. The summed E-state index contributed by atoms with van der Waals surface area (Å²) in [5, 5.41) is 3.16. The number of rotatable bonds is 8. The third-order valence-corrected chi connectivity index (χ3v) is 5.97. The summed E-state index contributed by atoms with van der Waals surface area (Å²) in [6, 6.07) is 6.69. The summed E-state index contributed by atoms with van der Waals surface area (Å²) in [5.41, 5.74) is 4.06. The number of halogens is 1. The van der Waals surface area contributed by atoms with Crippen molar-refractivity contribution in [3.8, 4) is 0 Å². The van der Waals surface area contributed by atoms with Crippen molar-refractivity contribution < 1.29 is 18.0 Å². The molecule has 0 saturated heterocycles. The number of nitrogens with zero attached hydrogens (tertiary/aromatic N) is 1. The van der Waals surface area contributed by atoms with Gasteiger partial charge < -0.3 is 5.32 Å². The maximum absolute atomic E-state index is 12.5. The van der Waals surface area contributed by atoms with E-state index in [9.17, 15) is 13.2 Å². The molecule has 0 unspecified atom stereocenters. The lowest BCUT2D eigenvalue weighted by molar-refractivity contribution is 0.0365. The second kappa shape index (κ2) is 8.44. The monoisotopic (exact) mass is 424 g/mol. The molecule has 1 aliphatic rings. The SMILES string of the molecule is CCONC(=O)c1cnc(Cl)cc1Nc1ccc(C2CC2)cc1S(=O)(=O)NC. The molecule has 3 N–H and O–H groups in total. The van der Waals surface area contributed by atoms with E-state index in [2.05, 4.69) is 20.5 Å². The third-order valence-electron chi connectivity index (χ3n) is 4.31. The van der Waals surface area contributed by atoms with Crippen LogP contribution in [0.4, 0.5) is 11.4 Å². The Balaban J connectivity index is 2.01. The molecule has 0 aliphatic heterocycles. The van der Waals surface area contributed by atoms with Crippen LogP contribution in [-0.4, -0.2) is 33.0 Å². The number of amides is 1. The molecule has 1 saturated carbocycles. The summed E-state index contributed by atoms with van der Waals surface area (Å²) in [6.45, 7) is 2.03. The Kier molecular flexibility index (Phi) is 6.19. The van der Waals surface area contributed by atoms with E-state index >= 15 is 0 Å². The van der Waals surface area contributed by atoms with Crippen molar-refractivity contribution in [1.82, 2.24) is 15.2 Å². The molecule has 1 aromatic carbocycles. The average molecular weight is 425 g/mol. The van der Waals surface area contributed by atoms with Crippen LogP contribution in [0.5, 0.6) is 0 Å². The minimum Gasteiger partial charge on any atom is -0.354 e. The van der Waals surface area contributed by atoms with Gasteiger partial charge in [-0.25, -0.2) is 23.6 Å². The minimum atomic E-state index is -3.72. The number of aromatic nitrogens is 1. The van der Waals surface area contributed by atoms with Gasteiger partial charge in [-0.05, 0) is 56.5 Å². The van der Waals surface area contributed by atoms with E-state index in [4.69, 9.17) is 16.4 Å². The number of hydrogen-bond acceptors (Lipinski definition) is 6. The molecule has 28 heavy (non-hydrogen) atoms. The van der Waals surface area contributed by atoms with Crippen LogP contribution >= 0.6 is 11.6 Å². The van der Waals surface area contributed by atoms with Gasteiger partial charge in [0.15, 0.2) is 0 Å². The van der Waals surface area contributed by atoms with Crippen molar-refractivity contribution in [2.75, 3.05) is 19.0 Å². The molecule has 8 nitrogen and oxygen atoms in total. The molecule has 150 valence electrons. The molecule has 0 atom stereocenters. The van der Waals surface area contributed by atoms with E-state index in [0.29, 0.717) is 23.9 Å². The zero-order chi connectivity index (χ0) is 20.3. The zero-order valence-corrected chi connectivity index (χ0v) is 17.0. The van der Waals surface area contributed by atoms with Crippen molar-refractivity contribution in [3.05, 3.63) is 46.7 Å². The first-order chi connectivity index (χ1) is 13.4. The summed E-state index contributed by atoms with van der Waals surface area (Å²) < 4.78 is 27.4. The molecule has 1 fully saturated rings. The maximum Gasteiger partial charge on any atom is 0.278 e. The number of nitrogens with one attached hydrogen (secondary N) is 3. The fraction of sp³-hybridized carbons (Fsp3) is 0.333. The first-order valence-electron chi connectivity index (χ1n) is 8.78. The molecule has 0 spiro atoms. The summed E-state index contributed by atoms with van der Waals surface area (Å²) in [5.74, 6) is -0.135. The number of benzene rings is 1. The van der Waals surface area contributed by atoms with Crippen LogP contribution < -0.4 is 15.5 Å². The largest absolute Gasteiger partial charge is 0.354 e. The third kappa shape index (κ3) is 4.61. The van der Waals surface area contributed by atoms with Crippen LogP contribution in [0.25, 0.3) is 0 Å². The second-order valence-corrected chi connectivity index (χ2v) is 8.52. The topological polar surface area (TPSA) is 109 Å². The second-order valence-electron chi connectivity index (χ2n) is 6.28. The van der Waals surface area contributed by atoms with E-state index < -0.39 is 15.9 Å². The van der Waals surface area contributed by atoms with Crippen LogP contribution in [0.15, 0.2) is 35.4 Å². The Hall–Kier alpha value is -2.20. The van der Waals surface area contributed by atoms with E-state index in [1.165, 1.54) is 19.3 Å². The van der Waals surface area contributed by atoms with Gasteiger partial charge in [0.2, 0.25) is 10.0 Å². The Morgan fingerprint density at radius 3 is 2.68 bits per heavy atom. The highest BCUT2D eigenvalue weighted by molar-refractivity contribution is 7.89. The lowest BCUT2D eigenvalue weighted by Crippen LogP contribution is -2.25. The van der Waals surface area contributed by atoms with E-state index in [0.717, 1.165) is 18.4 Å². The fourth-order valence-corrected chi connectivity index (χ4v) is 3.77. The first-order valence-corrected chi connectivity index (χ1v) is 10.6. The Morgan fingerprint density at radius 2 is 2.04 bits per heavy atom. The number of sulfonamides is 1. The van der Waals surface area contributed by atoms with Crippen molar-refractivity contribution in [3.63, 3.8) is 0 Å². The minimum absolute atomic E-state index is 0.100. The lowest BCUT2D eigenvalue weighted by Gasteiger charge is -2.16. The number of carbonyl (C=O) groups is 1. The van der Waals surface area contributed by atoms with E-state index in [1.807, 2.05) is 6.07 Å². The molecule has 1 amide bonds. The predicted octanol–water partition coefficient (Wildman–Crippen LogP) is 2.95. The average Bonchev–Trinajstić information content (AvgIpc) is 3.51. The van der Waals surface area contributed by atoms with Crippen LogP contribution in [0.3, 0.4) is 0 Å². The summed E-state index contributed by atoms with van der Waals surface area (Å²) >= 11 is 5.98. The molecule has 0 bridgehead atoms. The van der Waals surface area contributed by atoms with Crippen LogP contribution in [-0.2, 0) is 14.9 Å². The van der Waals surface area contributed by atoms with Gasteiger partial charge in [-0.3, -0.25) is 9.63 Å². The lowest BCUT2D eigenvalue weighted by atomic mass is 10.1. The summed E-state index contributed by atoms with van der Waals surface area (Å²) in [4.78, 5) is 21.3. The van der Waals surface area contributed by atoms with E-state index in [1.54, 1.807) is 19.1 Å². The molecule has 0 radical (unpaired) electrons. The van der Waals surface area contributed by atoms with Gasteiger partial charge in [-0.2, -0.15) is 0 Å². The zero-order valence-electron chi connectivity index (χ0n) is 15.5. The highest BCUT2D eigenvalue weighted by Gasteiger charge is 2.27. The molecule has 10 heteroatoms. The molecule has 1 aliphatic carbocycles. The quantitative estimate of drug-likeness (QED) is 0.444. The first kappa shape index (κ1) is 20.5. The number of pyridine rings is 1. The van der Waals surface area contributed by atoms with Gasteiger partial charge in [-0.15, -0.1) is 0 Å². The van der Waals surface area contributed by atoms with Gasteiger partial charge in [0.05, 0.1) is 23.5 Å². The molecular formula is C18H21ClN4O4S. The van der Waals surface area contributed by atoms with Gasteiger partial charge in [0.1, 0.15) is 10.0 Å². The summed E-state index contributed by atoms with van der Waals surface area (Å²) in [6.07, 6.45) is 3.39. The van der Waals surface area contributed by atoms with Crippen LogP contribution in [0, 0.1) is 0 Å². The van der Waals surface area contributed by atoms with Crippen molar-refractivity contribution in [2.45, 2.75) is 30.6 Å². The van der Waals surface area contributed by atoms with Crippen LogP contribution in [0.1, 0.15) is 41.6 Å². The Labute approximate surface area is 168 Å².